The Morgan fingerprint density at radius 2 is 1.44 bits per heavy atom. The summed E-state index contributed by atoms with van der Waals surface area (Å²) in [6, 6.07) is 27.7. The molecular formula is C31H36N2O3. The molecule has 1 aliphatic rings. The summed E-state index contributed by atoms with van der Waals surface area (Å²) in [4.78, 5) is 27.4. The standard InChI is InChI=1S/C31H36N2O3/c1-23(35)33(20-24-10-4-2-5-11-24)21-25-16-18-26(19-17-25)28-14-8-9-15-29(28)31(36)32-30(22-34)27-12-6-3-7-13-27/h2-7,10-13,16-19,28-30,34H,8-9,14-15,20-22H2,1H3,(H,32,36). The number of nitrogens with zero attached hydrogens (tertiary/aromatic N) is 1. The van der Waals surface area contributed by atoms with Crippen molar-refractivity contribution in [1.82, 2.24) is 10.2 Å². The van der Waals surface area contributed by atoms with E-state index in [9.17, 15) is 14.7 Å². The molecule has 3 aromatic carbocycles. The molecule has 0 saturated heterocycles. The number of rotatable bonds is 9. The molecule has 5 heteroatoms. The average Bonchev–Trinajstić information content (AvgIpc) is 2.92. The summed E-state index contributed by atoms with van der Waals surface area (Å²) in [6.07, 6.45) is 3.96. The first-order chi connectivity index (χ1) is 17.5. The lowest BCUT2D eigenvalue weighted by Crippen LogP contribution is -2.39. The van der Waals surface area contributed by atoms with Gasteiger partial charge in [-0.15, -0.1) is 0 Å². The molecule has 3 unspecified atom stereocenters. The predicted molar refractivity (Wildman–Crippen MR) is 142 cm³/mol. The number of hydrogen-bond acceptors (Lipinski definition) is 3. The third-order valence-corrected chi connectivity index (χ3v) is 7.25. The van der Waals surface area contributed by atoms with Crippen molar-refractivity contribution in [2.24, 2.45) is 5.92 Å². The summed E-state index contributed by atoms with van der Waals surface area (Å²) in [5, 5.41) is 13.0. The zero-order valence-electron chi connectivity index (χ0n) is 21.0. The van der Waals surface area contributed by atoms with E-state index in [0.717, 1.165) is 47.9 Å². The highest BCUT2D eigenvalue weighted by atomic mass is 16.3. The highest BCUT2D eigenvalue weighted by Crippen LogP contribution is 2.38. The molecule has 1 fully saturated rings. The van der Waals surface area contributed by atoms with Crippen LogP contribution in [0.1, 0.15) is 66.8 Å². The van der Waals surface area contributed by atoms with Gasteiger partial charge in [0.15, 0.2) is 0 Å². The van der Waals surface area contributed by atoms with E-state index >= 15 is 0 Å². The lowest BCUT2D eigenvalue weighted by molar-refractivity contribution is -0.130. The predicted octanol–water partition coefficient (Wildman–Crippen LogP) is 5.36. The van der Waals surface area contributed by atoms with Crippen LogP contribution in [0.2, 0.25) is 0 Å². The summed E-state index contributed by atoms with van der Waals surface area (Å²) < 4.78 is 0. The molecule has 3 aromatic rings. The fourth-order valence-corrected chi connectivity index (χ4v) is 5.22. The smallest absolute Gasteiger partial charge is 0.224 e. The van der Waals surface area contributed by atoms with Gasteiger partial charge in [-0.2, -0.15) is 0 Å². The van der Waals surface area contributed by atoms with Crippen molar-refractivity contribution in [1.29, 1.82) is 0 Å². The van der Waals surface area contributed by atoms with E-state index in [0.29, 0.717) is 13.1 Å². The quantitative estimate of drug-likeness (QED) is 0.430. The topological polar surface area (TPSA) is 69.6 Å². The Morgan fingerprint density at radius 1 is 0.861 bits per heavy atom. The molecule has 1 aliphatic carbocycles. The number of aliphatic hydroxyl groups excluding tert-OH is 1. The second kappa shape index (κ2) is 12.5. The van der Waals surface area contributed by atoms with Crippen LogP contribution in [0.4, 0.5) is 0 Å². The Kier molecular flexibility index (Phi) is 8.90. The number of benzene rings is 3. The van der Waals surface area contributed by atoms with Crippen LogP contribution in [0, 0.1) is 5.92 Å². The molecule has 3 atom stereocenters. The van der Waals surface area contributed by atoms with Crippen molar-refractivity contribution < 1.29 is 14.7 Å². The van der Waals surface area contributed by atoms with E-state index in [4.69, 9.17) is 0 Å². The zero-order valence-corrected chi connectivity index (χ0v) is 21.0. The second-order valence-electron chi connectivity index (χ2n) is 9.75. The second-order valence-corrected chi connectivity index (χ2v) is 9.75. The Labute approximate surface area is 214 Å². The summed E-state index contributed by atoms with van der Waals surface area (Å²) in [6.45, 7) is 2.61. The molecule has 0 heterocycles. The Bertz CT molecular complexity index is 1120. The van der Waals surface area contributed by atoms with Crippen LogP contribution in [0.15, 0.2) is 84.9 Å². The minimum absolute atomic E-state index is 0.0114. The fraction of sp³-hybridized carbons (Fsp3) is 0.355. The number of aliphatic hydroxyl groups is 1. The summed E-state index contributed by atoms with van der Waals surface area (Å²) >= 11 is 0. The van der Waals surface area contributed by atoms with Crippen LogP contribution in [-0.4, -0.2) is 28.4 Å². The first-order valence-corrected chi connectivity index (χ1v) is 12.9. The van der Waals surface area contributed by atoms with E-state index in [2.05, 4.69) is 29.6 Å². The molecular weight excluding hydrogens is 448 g/mol. The third kappa shape index (κ3) is 6.61. The number of carbonyl (C=O) groups excluding carboxylic acids is 2. The van der Waals surface area contributed by atoms with Crippen molar-refractivity contribution in [3.8, 4) is 0 Å². The van der Waals surface area contributed by atoms with Crippen LogP contribution in [0.5, 0.6) is 0 Å². The first kappa shape index (κ1) is 25.6. The SMILES string of the molecule is CC(=O)N(Cc1ccccc1)Cc1ccc(C2CCCCC2C(=O)NC(CO)c2ccccc2)cc1. The largest absolute Gasteiger partial charge is 0.394 e. The molecule has 2 amide bonds. The molecule has 0 radical (unpaired) electrons. The minimum atomic E-state index is -0.397. The molecule has 4 rings (SSSR count). The maximum atomic E-state index is 13.3. The number of carbonyl (C=O) groups is 2. The highest BCUT2D eigenvalue weighted by Gasteiger charge is 2.33. The van der Waals surface area contributed by atoms with Crippen molar-refractivity contribution in [3.05, 3.63) is 107 Å². The van der Waals surface area contributed by atoms with Gasteiger partial charge in [0.05, 0.1) is 12.6 Å². The van der Waals surface area contributed by atoms with Gasteiger partial charge in [-0.25, -0.2) is 0 Å². The molecule has 5 nitrogen and oxygen atoms in total. The van der Waals surface area contributed by atoms with Gasteiger partial charge in [-0.3, -0.25) is 9.59 Å². The molecule has 0 bridgehead atoms. The Balaban J connectivity index is 1.44. The monoisotopic (exact) mass is 484 g/mol. The summed E-state index contributed by atoms with van der Waals surface area (Å²) in [5.41, 5.74) is 4.26. The lowest BCUT2D eigenvalue weighted by atomic mass is 9.74. The van der Waals surface area contributed by atoms with E-state index in [1.165, 1.54) is 0 Å². The molecule has 0 aromatic heterocycles. The lowest BCUT2D eigenvalue weighted by Gasteiger charge is -2.32. The van der Waals surface area contributed by atoms with Crippen molar-refractivity contribution in [3.63, 3.8) is 0 Å². The molecule has 1 saturated carbocycles. The Morgan fingerprint density at radius 3 is 2.06 bits per heavy atom. The minimum Gasteiger partial charge on any atom is -0.394 e. The summed E-state index contributed by atoms with van der Waals surface area (Å²) in [5.74, 6) is 0.0893. The molecule has 0 aliphatic heterocycles. The van der Waals surface area contributed by atoms with Crippen LogP contribution in [0.3, 0.4) is 0 Å². The summed E-state index contributed by atoms with van der Waals surface area (Å²) in [7, 11) is 0. The van der Waals surface area contributed by atoms with Gasteiger partial charge >= 0.3 is 0 Å². The normalized spacial score (nSPS) is 18.3. The van der Waals surface area contributed by atoms with E-state index in [1.54, 1.807) is 6.92 Å². The maximum Gasteiger partial charge on any atom is 0.224 e. The molecule has 2 N–H and O–H groups in total. The van der Waals surface area contributed by atoms with E-state index in [1.807, 2.05) is 65.6 Å². The fourth-order valence-electron chi connectivity index (χ4n) is 5.22. The highest BCUT2D eigenvalue weighted by molar-refractivity contribution is 5.80. The van der Waals surface area contributed by atoms with E-state index in [-0.39, 0.29) is 30.3 Å². The van der Waals surface area contributed by atoms with Gasteiger partial charge in [0.25, 0.3) is 0 Å². The van der Waals surface area contributed by atoms with Gasteiger partial charge in [0.2, 0.25) is 11.8 Å². The van der Waals surface area contributed by atoms with E-state index < -0.39 is 6.04 Å². The van der Waals surface area contributed by atoms with Crippen molar-refractivity contribution in [2.75, 3.05) is 6.61 Å². The van der Waals surface area contributed by atoms with Gasteiger partial charge < -0.3 is 15.3 Å². The third-order valence-electron chi connectivity index (χ3n) is 7.25. The van der Waals surface area contributed by atoms with Gasteiger partial charge in [0.1, 0.15) is 0 Å². The molecule has 36 heavy (non-hydrogen) atoms. The average molecular weight is 485 g/mol. The van der Waals surface area contributed by atoms with Crippen LogP contribution >= 0.6 is 0 Å². The molecule has 188 valence electrons. The number of hydrogen-bond donors (Lipinski definition) is 2. The van der Waals surface area contributed by atoms with Crippen LogP contribution in [0.25, 0.3) is 0 Å². The number of nitrogens with one attached hydrogen (secondary N) is 1. The van der Waals surface area contributed by atoms with Crippen molar-refractivity contribution in [2.45, 2.75) is 57.7 Å². The number of amides is 2. The Hall–Kier alpha value is -3.44. The van der Waals surface area contributed by atoms with Crippen LogP contribution in [-0.2, 0) is 22.7 Å². The zero-order chi connectivity index (χ0) is 25.3. The first-order valence-electron chi connectivity index (χ1n) is 12.9. The van der Waals surface area contributed by atoms with Crippen molar-refractivity contribution >= 4 is 11.8 Å². The molecule has 0 spiro atoms. The van der Waals surface area contributed by atoms with Crippen LogP contribution < -0.4 is 5.32 Å². The van der Waals surface area contributed by atoms with Gasteiger partial charge in [-0.05, 0) is 41.0 Å². The maximum absolute atomic E-state index is 13.3. The van der Waals surface area contributed by atoms with Gasteiger partial charge in [-0.1, -0.05) is 97.8 Å². The van der Waals surface area contributed by atoms with Gasteiger partial charge in [0, 0.05) is 25.9 Å².